The number of aromatic nitrogens is 1. The van der Waals surface area contributed by atoms with Crippen LogP contribution >= 0.6 is 0 Å². The van der Waals surface area contributed by atoms with Gasteiger partial charge in [0.25, 0.3) is 0 Å². The molecule has 4 rings (SSSR count). The van der Waals surface area contributed by atoms with Gasteiger partial charge in [-0.3, -0.25) is 4.98 Å². The summed E-state index contributed by atoms with van der Waals surface area (Å²) in [4.78, 5) is 20.4. The largest absolute Gasteiger partial charge is 0.502 e. The molecule has 10 nitrogen and oxygen atoms in total. The van der Waals surface area contributed by atoms with Crippen molar-refractivity contribution >= 4 is 43.8 Å². The smallest absolute Gasteiger partial charge is 0.323 e. The topological polar surface area (TPSA) is 120 Å². The Morgan fingerprint density at radius 2 is 1.74 bits per heavy atom. The van der Waals surface area contributed by atoms with E-state index in [9.17, 15) is 13.2 Å². The SMILES string of the molecule is [C-]#[N+]c1cc2c(Oc3ccc(NC(=O)Nc4cccc(S(C)(=O)=O)c4)cc3)ccnc2cc1OCCOC. The Morgan fingerprint density at radius 3 is 2.45 bits per heavy atom. The van der Waals surface area contributed by atoms with Crippen LogP contribution in [0.1, 0.15) is 0 Å². The van der Waals surface area contributed by atoms with Crippen LogP contribution in [0.4, 0.5) is 21.9 Å². The predicted molar refractivity (Wildman–Crippen MR) is 144 cm³/mol. The van der Waals surface area contributed by atoms with Gasteiger partial charge < -0.3 is 24.8 Å². The van der Waals surface area contributed by atoms with E-state index >= 15 is 0 Å². The number of nitrogens with one attached hydrogen (secondary N) is 2. The Morgan fingerprint density at radius 1 is 0.974 bits per heavy atom. The molecule has 11 heteroatoms. The first-order chi connectivity index (χ1) is 18.3. The maximum Gasteiger partial charge on any atom is 0.323 e. The van der Waals surface area contributed by atoms with E-state index in [1.54, 1.807) is 67.9 Å². The Hall–Kier alpha value is -4.66. The van der Waals surface area contributed by atoms with Gasteiger partial charge in [0.2, 0.25) is 5.69 Å². The molecule has 0 aliphatic carbocycles. The first-order valence-electron chi connectivity index (χ1n) is 11.3. The molecule has 0 unspecified atom stereocenters. The van der Waals surface area contributed by atoms with Crippen LogP contribution in [-0.4, -0.2) is 46.0 Å². The van der Waals surface area contributed by atoms with E-state index in [1.165, 1.54) is 12.1 Å². The van der Waals surface area contributed by atoms with Gasteiger partial charge in [0, 0.05) is 36.3 Å². The second kappa shape index (κ2) is 11.6. The van der Waals surface area contributed by atoms with Crippen molar-refractivity contribution in [1.29, 1.82) is 0 Å². The maximum atomic E-state index is 12.4. The van der Waals surface area contributed by atoms with Crippen molar-refractivity contribution in [2.24, 2.45) is 0 Å². The molecule has 0 saturated carbocycles. The third kappa shape index (κ3) is 6.56. The first kappa shape index (κ1) is 26.4. The molecule has 0 spiro atoms. The Balaban J connectivity index is 1.45. The Bertz CT molecular complexity index is 1620. The molecule has 3 aromatic carbocycles. The lowest BCUT2D eigenvalue weighted by Crippen LogP contribution is -2.19. The Kier molecular flexibility index (Phi) is 8.06. The van der Waals surface area contributed by atoms with Crippen LogP contribution in [-0.2, 0) is 14.6 Å². The second-order valence-corrected chi connectivity index (χ2v) is 10.1. The zero-order valence-electron chi connectivity index (χ0n) is 20.6. The van der Waals surface area contributed by atoms with Gasteiger partial charge in [0.15, 0.2) is 9.84 Å². The molecule has 1 heterocycles. The number of benzene rings is 3. The average molecular weight is 533 g/mol. The lowest BCUT2D eigenvalue weighted by molar-refractivity contribution is 0.147. The molecule has 38 heavy (non-hydrogen) atoms. The summed E-state index contributed by atoms with van der Waals surface area (Å²) < 4.78 is 40.1. The highest BCUT2D eigenvalue weighted by Crippen LogP contribution is 2.37. The van der Waals surface area contributed by atoms with E-state index in [0.29, 0.717) is 58.4 Å². The molecule has 0 atom stereocenters. The third-order valence-corrected chi connectivity index (χ3v) is 6.42. The van der Waals surface area contributed by atoms with Gasteiger partial charge in [-0.15, -0.1) is 0 Å². The van der Waals surface area contributed by atoms with E-state index in [1.807, 2.05) is 0 Å². The van der Waals surface area contributed by atoms with Gasteiger partial charge >= 0.3 is 6.03 Å². The van der Waals surface area contributed by atoms with Crippen LogP contribution in [0.2, 0.25) is 0 Å². The molecular weight excluding hydrogens is 508 g/mol. The minimum atomic E-state index is -3.39. The van der Waals surface area contributed by atoms with Crippen molar-refractivity contribution in [2.75, 3.05) is 37.2 Å². The summed E-state index contributed by atoms with van der Waals surface area (Å²) in [5.74, 6) is 1.44. The summed E-state index contributed by atoms with van der Waals surface area (Å²) in [7, 11) is -1.82. The summed E-state index contributed by atoms with van der Waals surface area (Å²) in [5.41, 5.74) is 1.79. The number of rotatable bonds is 9. The van der Waals surface area contributed by atoms with Crippen LogP contribution in [0.25, 0.3) is 15.7 Å². The molecule has 0 saturated heterocycles. The minimum absolute atomic E-state index is 0.110. The number of ether oxygens (including phenoxy) is 3. The molecule has 4 aromatic rings. The first-order valence-corrected chi connectivity index (χ1v) is 13.2. The highest BCUT2D eigenvalue weighted by molar-refractivity contribution is 7.90. The second-order valence-electron chi connectivity index (χ2n) is 8.10. The van der Waals surface area contributed by atoms with Gasteiger partial charge in [-0.25, -0.2) is 18.1 Å². The van der Waals surface area contributed by atoms with Gasteiger partial charge in [-0.1, -0.05) is 6.07 Å². The number of amides is 2. The molecule has 1 aromatic heterocycles. The average Bonchev–Trinajstić information content (AvgIpc) is 2.89. The van der Waals surface area contributed by atoms with E-state index in [2.05, 4.69) is 20.5 Å². The number of nitrogens with zero attached hydrogens (tertiary/aromatic N) is 2. The lowest BCUT2D eigenvalue weighted by Gasteiger charge is -2.13. The van der Waals surface area contributed by atoms with Crippen molar-refractivity contribution in [1.82, 2.24) is 4.98 Å². The highest BCUT2D eigenvalue weighted by atomic mass is 32.2. The predicted octanol–water partition coefficient (Wildman–Crippen LogP) is 5.65. The van der Waals surface area contributed by atoms with Crippen molar-refractivity contribution in [3.05, 3.63) is 84.3 Å². The van der Waals surface area contributed by atoms with E-state index in [4.69, 9.17) is 20.8 Å². The van der Waals surface area contributed by atoms with E-state index in [-0.39, 0.29) is 4.90 Å². The van der Waals surface area contributed by atoms with E-state index in [0.717, 1.165) is 6.26 Å². The number of methoxy groups -OCH3 is 1. The number of carbonyl (C=O) groups is 1. The monoisotopic (exact) mass is 532 g/mol. The number of anilines is 2. The minimum Gasteiger partial charge on any atom is -0.502 e. The molecule has 0 aliphatic heterocycles. The van der Waals surface area contributed by atoms with Crippen LogP contribution in [0.5, 0.6) is 17.2 Å². The standard InChI is InChI=1S/C27H24N4O6S/c1-28-24-16-22-23(17-26(24)36-14-13-35-2)29-12-11-25(22)37-20-9-7-18(8-10-20)30-27(32)31-19-5-4-6-21(15-19)38(3,33)34/h4-12,15-17H,13-14H2,2-3H3,(H2,30,31,32). The molecule has 2 amide bonds. The van der Waals surface area contributed by atoms with Crippen molar-refractivity contribution in [2.45, 2.75) is 4.90 Å². The fourth-order valence-corrected chi connectivity index (χ4v) is 4.16. The highest BCUT2D eigenvalue weighted by Gasteiger charge is 2.13. The lowest BCUT2D eigenvalue weighted by atomic mass is 10.1. The number of sulfone groups is 1. The summed E-state index contributed by atoms with van der Waals surface area (Å²) >= 11 is 0. The number of urea groups is 1. The molecule has 0 bridgehead atoms. The maximum absolute atomic E-state index is 12.4. The fraction of sp³-hybridized carbons (Fsp3) is 0.148. The molecule has 2 N–H and O–H groups in total. The van der Waals surface area contributed by atoms with Crippen LogP contribution in [0.3, 0.4) is 0 Å². The van der Waals surface area contributed by atoms with Gasteiger partial charge in [0.05, 0.1) is 23.6 Å². The van der Waals surface area contributed by atoms with E-state index < -0.39 is 15.9 Å². The van der Waals surface area contributed by atoms with Crippen LogP contribution in [0, 0.1) is 6.57 Å². The summed E-state index contributed by atoms with van der Waals surface area (Å²) in [6.07, 6.45) is 2.71. The zero-order valence-corrected chi connectivity index (χ0v) is 21.4. The zero-order chi connectivity index (χ0) is 27.1. The molecule has 0 radical (unpaired) electrons. The summed E-state index contributed by atoms with van der Waals surface area (Å²) in [5, 5.41) is 5.95. The number of fused-ring (bicyclic) bond motifs is 1. The number of hydrogen-bond acceptors (Lipinski definition) is 7. The quantitative estimate of drug-likeness (QED) is 0.211. The normalized spacial score (nSPS) is 11.0. The molecule has 0 aliphatic rings. The van der Waals surface area contributed by atoms with Crippen molar-refractivity contribution in [3.63, 3.8) is 0 Å². The van der Waals surface area contributed by atoms with Crippen molar-refractivity contribution < 1.29 is 27.4 Å². The van der Waals surface area contributed by atoms with Gasteiger partial charge in [0.1, 0.15) is 23.9 Å². The number of pyridine rings is 1. The van der Waals surface area contributed by atoms with Crippen molar-refractivity contribution in [3.8, 4) is 17.2 Å². The van der Waals surface area contributed by atoms with Crippen LogP contribution < -0.4 is 20.1 Å². The van der Waals surface area contributed by atoms with Gasteiger partial charge in [-0.2, -0.15) is 0 Å². The Labute approximate surface area is 219 Å². The fourth-order valence-electron chi connectivity index (χ4n) is 3.50. The van der Waals surface area contributed by atoms with Gasteiger partial charge in [-0.05, 0) is 60.7 Å². The summed E-state index contributed by atoms with van der Waals surface area (Å²) in [6, 6.07) is 17.2. The number of carbonyl (C=O) groups excluding carboxylic acids is 1. The summed E-state index contributed by atoms with van der Waals surface area (Å²) in [6.45, 7) is 8.22. The van der Waals surface area contributed by atoms with Crippen LogP contribution in [0.15, 0.2) is 77.8 Å². The molecular formula is C27H24N4O6S. The number of hydrogen-bond donors (Lipinski definition) is 2. The third-order valence-electron chi connectivity index (χ3n) is 5.31. The molecule has 0 fully saturated rings. The molecule has 194 valence electrons.